The molecule has 172 valence electrons. The molecule has 0 saturated heterocycles. The van der Waals surface area contributed by atoms with E-state index >= 15 is 0 Å². The zero-order chi connectivity index (χ0) is 23.8. The average Bonchev–Trinajstić information content (AvgIpc) is 3.19. The predicted molar refractivity (Wildman–Crippen MR) is 113 cm³/mol. The van der Waals surface area contributed by atoms with Gasteiger partial charge < -0.3 is 10.1 Å². The zero-order valence-electron chi connectivity index (χ0n) is 17.5. The van der Waals surface area contributed by atoms with Crippen LogP contribution in [0.1, 0.15) is 40.2 Å². The molecule has 0 fully saturated rings. The fourth-order valence-corrected chi connectivity index (χ4v) is 3.88. The third kappa shape index (κ3) is 4.38. The van der Waals surface area contributed by atoms with E-state index in [1.165, 1.54) is 54.3 Å². The minimum atomic E-state index is -4.54. The quantitative estimate of drug-likeness (QED) is 0.430. The van der Waals surface area contributed by atoms with Crippen molar-refractivity contribution in [3.05, 3.63) is 75.1 Å². The lowest BCUT2D eigenvalue weighted by Crippen LogP contribution is -2.13. The van der Waals surface area contributed by atoms with E-state index in [0.29, 0.717) is 30.6 Å². The molecule has 0 radical (unpaired) electrons. The summed E-state index contributed by atoms with van der Waals surface area (Å²) < 4.78 is 46.6. The number of alkyl halides is 3. The van der Waals surface area contributed by atoms with Gasteiger partial charge in [0.1, 0.15) is 11.4 Å². The van der Waals surface area contributed by atoms with Crippen molar-refractivity contribution in [2.75, 3.05) is 12.4 Å². The van der Waals surface area contributed by atoms with Gasteiger partial charge in [-0.15, -0.1) is 0 Å². The van der Waals surface area contributed by atoms with Gasteiger partial charge in [0, 0.05) is 16.8 Å². The number of halogens is 3. The predicted octanol–water partition coefficient (Wildman–Crippen LogP) is 4.94. The molecule has 33 heavy (non-hydrogen) atoms. The maximum atomic E-state index is 13.4. The number of rotatable bonds is 5. The fourth-order valence-electron chi connectivity index (χ4n) is 3.88. The fraction of sp³-hybridized carbons (Fsp3) is 0.273. The molecule has 1 amide bonds. The molecular formula is C22H19F3N4O4. The second-order valence-corrected chi connectivity index (χ2v) is 7.53. The molecule has 1 aromatic heterocycles. The lowest BCUT2D eigenvalue weighted by molar-refractivity contribution is -0.384. The Morgan fingerprint density at radius 1 is 1.15 bits per heavy atom. The number of nitrogens with zero attached hydrogens (tertiary/aromatic N) is 3. The van der Waals surface area contributed by atoms with Crippen molar-refractivity contribution in [2.24, 2.45) is 0 Å². The van der Waals surface area contributed by atoms with E-state index < -0.39 is 22.7 Å². The summed E-state index contributed by atoms with van der Waals surface area (Å²) in [7, 11) is 1.37. The van der Waals surface area contributed by atoms with E-state index in [9.17, 15) is 28.1 Å². The van der Waals surface area contributed by atoms with E-state index in [-0.39, 0.29) is 28.3 Å². The summed E-state index contributed by atoms with van der Waals surface area (Å²) in [5.41, 5.74) is 0.123. The third-order valence-electron chi connectivity index (χ3n) is 5.47. The number of anilines is 1. The van der Waals surface area contributed by atoms with Crippen LogP contribution in [0.15, 0.2) is 42.5 Å². The Labute approximate surface area is 186 Å². The normalized spacial score (nSPS) is 13.3. The number of aromatic nitrogens is 2. The number of ether oxygens (including phenoxy) is 1. The van der Waals surface area contributed by atoms with Crippen LogP contribution in [0.3, 0.4) is 0 Å². The van der Waals surface area contributed by atoms with Crippen molar-refractivity contribution < 1.29 is 27.6 Å². The molecular weight excluding hydrogens is 441 g/mol. The van der Waals surface area contributed by atoms with Gasteiger partial charge in [0.25, 0.3) is 11.6 Å². The molecule has 11 heteroatoms. The van der Waals surface area contributed by atoms with Gasteiger partial charge in [0.2, 0.25) is 0 Å². The van der Waals surface area contributed by atoms with Gasteiger partial charge in [-0.25, -0.2) is 4.68 Å². The average molecular weight is 460 g/mol. The number of amides is 1. The largest absolute Gasteiger partial charge is 0.496 e. The highest BCUT2D eigenvalue weighted by Crippen LogP contribution is 2.37. The van der Waals surface area contributed by atoms with Crippen molar-refractivity contribution in [3.63, 3.8) is 0 Å². The zero-order valence-corrected chi connectivity index (χ0v) is 17.5. The first-order valence-electron chi connectivity index (χ1n) is 10.1. The first kappa shape index (κ1) is 22.3. The van der Waals surface area contributed by atoms with Crippen LogP contribution in [0.2, 0.25) is 0 Å². The molecule has 0 aliphatic heterocycles. The summed E-state index contributed by atoms with van der Waals surface area (Å²) in [6.07, 6.45) is -2.28. The van der Waals surface area contributed by atoms with Crippen LogP contribution in [0.5, 0.6) is 5.75 Å². The summed E-state index contributed by atoms with van der Waals surface area (Å²) in [5.74, 6) is -0.335. The number of hydrogen-bond donors (Lipinski definition) is 1. The van der Waals surface area contributed by atoms with Crippen LogP contribution in [-0.2, 0) is 19.0 Å². The molecule has 3 aromatic rings. The Morgan fingerprint density at radius 3 is 2.48 bits per heavy atom. The van der Waals surface area contributed by atoms with Crippen LogP contribution in [-0.4, -0.2) is 27.7 Å². The van der Waals surface area contributed by atoms with Crippen molar-refractivity contribution in [1.82, 2.24) is 9.78 Å². The SMILES string of the molecule is COc1ccc(NC(=O)c2ccc(-n3nc(C(F)(F)F)c4c3CCCC4)cc2)c([N+](=O)[O-])c1. The van der Waals surface area contributed by atoms with Gasteiger partial charge in [-0.05, 0) is 62.1 Å². The second kappa shape index (κ2) is 8.57. The Kier molecular flexibility index (Phi) is 5.79. The molecule has 0 unspecified atom stereocenters. The molecule has 1 heterocycles. The van der Waals surface area contributed by atoms with Crippen LogP contribution in [0.25, 0.3) is 5.69 Å². The van der Waals surface area contributed by atoms with Crippen molar-refractivity contribution in [2.45, 2.75) is 31.9 Å². The number of fused-ring (bicyclic) bond motifs is 1. The van der Waals surface area contributed by atoms with E-state index in [4.69, 9.17) is 4.74 Å². The highest BCUT2D eigenvalue weighted by Gasteiger charge is 2.39. The Hall–Kier alpha value is -3.89. The number of carbonyl (C=O) groups excluding carboxylic acids is 1. The molecule has 0 saturated carbocycles. The molecule has 1 aliphatic carbocycles. The third-order valence-corrected chi connectivity index (χ3v) is 5.47. The topological polar surface area (TPSA) is 99.3 Å². The molecule has 1 N–H and O–H groups in total. The first-order chi connectivity index (χ1) is 15.7. The number of nitro groups is 1. The Morgan fingerprint density at radius 2 is 1.85 bits per heavy atom. The van der Waals surface area contributed by atoms with Gasteiger partial charge in [0.15, 0.2) is 5.69 Å². The van der Waals surface area contributed by atoms with E-state index in [0.717, 1.165) is 6.42 Å². The summed E-state index contributed by atoms with van der Waals surface area (Å²) in [5, 5.41) is 17.6. The number of carbonyl (C=O) groups is 1. The molecule has 8 nitrogen and oxygen atoms in total. The summed E-state index contributed by atoms with van der Waals surface area (Å²) >= 11 is 0. The van der Waals surface area contributed by atoms with Crippen LogP contribution >= 0.6 is 0 Å². The minimum absolute atomic E-state index is 0.00848. The smallest absolute Gasteiger partial charge is 0.435 e. The van der Waals surface area contributed by atoms with Crippen molar-refractivity contribution >= 4 is 17.3 Å². The molecule has 2 aromatic carbocycles. The van der Waals surface area contributed by atoms with Gasteiger partial charge in [-0.1, -0.05) is 0 Å². The molecule has 0 bridgehead atoms. The van der Waals surface area contributed by atoms with E-state index in [1.54, 1.807) is 0 Å². The molecule has 4 rings (SSSR count). The maximum absolute atomic E-state index is 13.4. The van der Waals surface area contributed by atoms with Gasteiger partial charge in [0.05, 0.1) is 23.8 Å². The summed E-state index contributed by atoms with van der Waals surface area (Å²) in [6.45, 7) is 0. The van der Waals surface area contributed by atoms with Crippen LogP contribution in [0.4, 0.5) is 24.5 Å². The number of nitrogens with one attached hydrogen (secondary N) is 1. The lowest BCUT2D eigenvalue weighted by Gasteiger charge is -2.15. The van der Waals surface area contributed by atoms with Gasteiger partial charge >= 0.3 is 6.18 Å². The minimum Gasteiger partial charge on any atom is -0.496 e. The summed E-state index contributed by atoms with van der Waals surface area (Å²) in [6, 6.07) is 9.90. The van der Waals surface area contributed by atoms with E-state index in [1.807, 2.05) is 0 Å². The van der Waals surface area contributed by atoms with Crippen molar-refractivity contribution in [3.8, 4) is 11.4 Å². The van der Waals surface area contributed by atoms with E-state index in [2.05, 4.69) is 10.4 Å². The number of hydrogen-bond acceptors (Lipinski definition) is 5. The lowest BCUT2D eigenvalue weighted by atomic mass is 9.95. The molecule has 1 aliphatic rings. The highest BCUT2D eigenvalue weighted by atomic mass is 19.4. The highest BCUT2D eigenvalue weighted by molar-refractivity contribution is 6.05. The van der Waals surface area contributed by atoms with Gasteiger partial charge in [-0.2, -0.15) is 18.3 Å². The van der Waals surface area contributed by atoms with Crippen molar-refractivity contribution in [1.29, 1.82) is 0 Å². The van der Waals surface area contributed by atoms with Crippen LogP contribution < -0.4 is 10.1 Å². The molecule has 0 spiro atoms. The maximum Gasteiger partial charge on any atom is 0.435 e. The van der Waals surface area contributed by atoms with Gasteiger partial charge in [-0.3, -0.25) is 14.9 Å². The Bertz CT molecular complexity index is 1220. The number of benzene rings is 2. The number of methoxy groups -OCH3 is 1. The van der Waals surface area contributed by atoms with Crippen LogP contribution in [0, 0.1) is 10.1 Å². The first-order valence-corrected chi connectivity index (χ1v) is 10.1. The summed E-state index contributed by atoms with van der Waals surface area (Å²) in [4.78, 5) is 23.3. The second-order valence-electron chi connectivity index (χ2n) is 7.53. The molecule has 0 atom stereocenters. The Balaban J connectivity index is 1.61. The number of nitro benzene ring substituents is 1. The monoisotopic (exact) mass is 460 g/mol. The standard InChI is InChI=1S/C22H19F3N4O4/c1-33-15-10-11-17(19(12-15)29(31)32)26-21(30)13-6-8-14(9-7-13)28-18-5-3-2-4-16(18)20(27-28)22(23,24)25/h6-12H,2-5H2,1H3,(H,26,30).